The van der Waals surface area contributed by atoms with Gasteiger partial charge in [-0.3, -0.25) is 18.7 Å². The number of halogens is 2. The van der Waals surface area contributed by atoms with Crippen LogP contribution < -0.4 is 21.0 Å². The Labute approximate surface area is 212 Å². The smallest absolute Gasteiger partial charge is 0.339 e. The van der Waals surface area contributed by atoms with E-state index in [1.807, 2.05) is 22.6 Å². The van der Waals surface area contributed by atoms with Crippen molar-refractivity contribution >= 4 is 43.7 Å². The maximum atomic E-state index is 14.9. The summed E-state index contributed by atoms with van der Waals surface area (Å²) in [7, 11) is -1.99. The van der Waals surface area contributed by atoms with Crippen molar-refractivity contribution in [1.29, 1.82) is 0 Å². The Morgan fingerprint density at radius 1 is 0.914 bits per heavy atom. The van der Waals surface area contributed by atoms with Gasteiger partial charge in [-0.1, -0.05) is 17.7 Å². The third-order valence-corrected chi connectivity index (χ3v) is 7.50. The molecule has 4 aromatic rings. The standard InChI is InChI=1S/C23H19FIN3O6S/c1-12-5-8-15(9-6-12)35(32,33)34-19-13(2)21(29)26(3)20-18(19)22(30)27(4)23(31)28(20)17-10-7-14(25)11-16(17)24/h5-11H,1-4H3. The maximum Gasteiger partial charge on any atom is 0.339 e. The van der Waals surface area contributed by atoms with Crippen LogP contribution in [-0.4, -0.2) is 22.1 Å². The fourth-order valence-corrected chi connectivity index (χ4v) is 5.14. The average Bonchev–Trinajstić information content (AvgIpc) is 2.80. The topological polar surface area (TPSA) is 109 Å². The lowest BCUT2D eigenvalue weighted by Gasteiger charge is -2.19. The molecule has 2 heterocycles. The van der Waals surface area contributed by atoms with Crippen LogP contribution in [0, 0.1) is 23.2 Å². The number of aromatic nitrogens is 3. The fraction of sp³-hybridized carbons (Fsp3) is 0.174. The number of pyridine rings is 1. The predicted molar refractivity (Wildman–Crippen MR) is 136 cm³/mol. The van der Waals surface area contributed by atoms with Gasteiger partial charge in [0.05, 0.1) is 11.3 Å². The molecule has 0 aliphatic heterocycles. The molecule has 0 fully saturated rings. The number of nitrogens with zero attached hydrogens (tertiary/aromatic N) is 3. The molecule has 9 nitrogen and oxygen atoms in total. The molecule has 0 saturated heterocycles. The molecule has 2 aromatic carbocycles. The quantitative estimate of drug-likeness (QED) is 0.259. The van der Waals surface area contributed by atoms with Crippen molar-refractivity contribution in [3.8, 4) is 11.4 Å². The van der Waals surface area contributed by atoms with Crippen molar-refractivity contribution in [2.75, 3.05) is 0 Å². The summed E-state index contributed by atoms with van der Waals surface area (Å²) >= 11 is 1.90. The third-order valence-electron chi connectivity index (χ3n) is 5.60. The SMILES string of the molecule is Cc1ccc(S(=O)(=O)Oc2c(C)c(=O)n(C)c3c2c(=O)n(C)c(=O)n3-c2ccc(I)cc2F)cc1. The molecule has 0 spiro atoms. The van der Waals surface area contributed by atoms with E-state index in [-0.39, 0.29) is 27.2 Å². The van der Waals surface area contributed by atoms with E-state index in [4.69, 9.17) is 4.18 Å². The molecule has 4 rings (SSSR count). The number of fused-ring (bicyclic) bond motifs is 1. The molecule has 12 heteroatoms. The fourth-order valence-electron chi connectivity index (χ4n) is 3.70. The molecule has 0 amide bonds. The van der Waals surface area contributed by atoms with E-state index in [0.717, 1.165) is 14.7 Å². The molecule has 0 saturated carbocycles. The molecule has 35 heavy (non-hydrogen) atoms. The monoisotopic (exact) mass is 611 g/mol. The first kappa shape index (κ1) is 24.9. The summed E-state index contributed by atoms with van der Waals surface area (Å²) in [5.74, 6) is -1.30. The number of benzene rings is 2. The van der Waals surface area contributed by atoms with E-state index in [0.29, 0.717) is 8.14 Å². The van der Waals surface area contributed by atoms with Gasteiger partial charge in [0.1, 0.15) is 21.7 Å². The van der Waals surface area contributed by atoms with Crippen molar-refractivity contribution in [2.24, 2.45) is 14.1 Å². The zero-order valence-electron chi connectivity index (χ0n) is 19.0. The van der Waals surface area contributed by atoms with Crippen LogP contribution in [0.3, 0.4) is 0 Å². The van der Waals surface area contributed by atoms with Gasteiger partial charge in [-0.25, -0.2) is 13.8 Å². The normalized spacial score (nSPS) is 11.7. The van der Waals surface area contributed by atoms with Gasteiger partial charge < -0.3 is 4.18 Å². The van der Waals surface area contributed by atoms with Gasteiger partial charge in [-0.05, 0) is 66.8 Å². The van der Waals surface area contributed by atoms with Crippen LogP contribution in [-0.2, 0) is 24.2 Å². The van der Waals surface area contributed by atoms with Crippen molar-refractivity contribution in [3.63, 3.8) is 0 Å². The second-order valence-electron chi connectivity index (χ2n) is 7.95. The molecular formula is C23H19FIN3O6S. The zero-order valence-corrected chi connectivity index (χ0v) is 22.0. The van der Waals surface area contributed by atoms with Crippen LogP contribution in [0.25, 0.3) is 16.7 Å². The molecule has 0 bridgehead atoms. The highest BCUT2D eigenvalue weighted by Gasteiger charge is 2.27. The molecule has 0 aliphatic rings. The van der Waals surface area contributed by atoms with Gasteiger partial charge in [-0.2, -0.15) is 8.42 Å². The summed E-state index contributed by atoms with van der Waals surface area (Å²) in [6, 6.07) is 9.87. The Morgan fingerprint density at radius 2 is 1.54 bits per heavy atom. The highest BCUT2D eigenvalue weighted by molar-refractivity contribution is 14.1. The van der Waals surface area contributed by atoms with Crippen molar-refractivity contribution in [1.82, 2.24) is 13.7 Å². The molecule has 0 unspecified atom stereocenters. The van der Waals surface area contributed by atoms with Gasteiger partial charge in [-0.15, -0.1) is 0 Å². The second-order valence-corrected chi connectivity index (χ2v) is 10.7. The minimum atomic E-state index is -4.46. The van der Waals surface area contributed by atoms with Crippen LogP contribution in [0.15, 0.2) is 61.7 Å². The highest BCUT2D eigenvalue weighted by atomic mass is 127. The van der Waals surface area contributed by atoms with Gasteiger partial charge in [0, 0.05) is 17.7 Å². The lowest BCUT2D eigenvalue weighted by atomic mass is 10.2. The number of rotatable bonds is 4. The predicted octanol–water partition coefficient (Wildman–Crippen LogP) is 2.52. The largest absolute Gasteiger partial charge is 0.377 e. The first-order valence-corrected chi connectivity index (χ1v) is 12.7. The van der Waals surface area contributed by atoms with Crippen molar-refractivity contribution < 1.29 is 17.0 Å². The lowest BCUT2D eigenvalue weighted by molar-refractivity contribution is 0.484. The molecule has 0 aliphatic carbocycles. The van der Waals surface area contributed by atoms with Gasteiger partial charge >= 0.3 is 15.8 Å². The van der Waals surface area contributed by atoms with E-state index in [1.165, 1.54) is 45.3 Å². The lowest BCUT2D eigenvalue weighted by Crippen LogP contribution is -2.41. The Bertz CT molecular complexity index is 1810. The Kier molecular flexibility index (Phi) is 6.21. The minimum Gasteiger partial charge on any atom is -0.377 e. The van der Waals surface area contributed by atoms with Crippen LogP contribution in [0.2, 0.25) is 0 Å². The number of hydrogen-bond acceptors (Lipinski definition) is 6. The third kappa shape index (κ3) is 4.10. The van der Waals surface area contributed by atoms with E-state index >= 15 is 0 Å². The average molecular weight is 611 g/mol. The van der Waals surface area contributed by atoms with E-state index < -0.39 is 38.5 Å². The summed E-state index contributed by atoms with van der Waals surface area (Å²) in [5, 5.41) is -0.361. The van der Waals surface area contributed by atoms with Gasteiger partial charge in [0.25, 0.3) is 11.1 Å². The Hall–Kier alpha value is -3.26. The second kappa shape index (κ2) is 8.75. The van der Waals surface area contributed by atoms with Crippen LogP contribution in [0.1, 0.15) is 11.1 Å². The summed E-state index contributed by atoms with van der Waals surface area (Å²) in [4.78, 5) is 39.2. The molecule has 0 radical (unpaired) electrons. The van der Waals surface area contributed by atoms with E-state index in [2.05, 4.69) is 0 Å². The summed E-state index contributed by atoms with van der Waals surface area (Å²) in [5.41, 5.74) is -2.42. The van der Waals surface area contributed by atoms with Crippen LogP contribution in [0.5, 0.6) is 5.75 Å². The Balaban J connectivity index is 2.16. The van der Waals surface area contributed by atoms with Gasteiger partial charge in [0.15, 0.2) is 5.75 Å². The number of hydrogen-bond donors (Lipinski definition) is 0. The van der Waals surface area contributed by atoms with E-state index in [1.54, 1.807) is 25.1 Å². The summed E-state index contributed by atoms with van der Waals surface area (Å²) in [6.07, 6.45) is 0. The molecule has 182 valence electrons. The van der Waals surface area contributed by atoms with Crippen molar-refractivity contribution in [2.45, 2.75) is 18.7 Å². The minimum absolute atomic E-state index is 0.166. The van der Waals surface area contributed by atoms with Crippen molar-refractivity contribution in [3.05, 3.63) is 94.2 Å². The molecular weight excluding hydrogens is 592 g/mol. The molecule has 0 N–H and O–H groups in total. The maximum absolute atomic E-state index is 14.9. The summed E-state index contributed by atoms with van der Waals surface area (Å²) in [6.45, 7) is 3.09. The molecule has 0 atom stereocenters. The van der Waals surface area contributed by atoms with E-state index in [9.17, 15) is 27.2 Å². The van der Waals surface area contributed by atoms with Crippen LogP contribution in [0.4, 0.5) is 4.39 Å². The zero-order chi connectivity index (χ0) is 25.8. The highest BCUT2D eigenvalue weighted by Crippen LogP contribution is 2.29. The molecule has 2 aromatic heterocycles. The first-order chi connectivity index (χ1) is 16.3. The van der Waals surface area contributed by atoms with Gasteiger partial charge in [0.2, 0.25) is 0 Å². The first-order valence-electron chi connectivity index (χ1n) is 10.2. The van der Waals surface area contributed by atoms with Crippen LogP contribution >= 0.6 is 22.6 Å². The number of aryl methyl sites for hydroxylation is 2. The summed E-state index contributed by atoms with van der Waals surface area (Å²) < 4.78 is 49.5. The Morgan fingerprint density at radius 3 is 2.14 bits per heavy atom.